The molecule has 0 bridgehead atoms. The lowest BCUT2D eigenvalue weighted by Crippen LogP contribution is -2.27. The van der Waals surface area contributed by atoms with Crippen LogP contribution in [0.25, 0.3) is 11.3 Å². The molecule has 0 atom stereocenters. The Bertz CT molecular complexity index is 899. The third-order valence-electron chi connectivity index (χ3n) is 4.01. The number of amides is 2. The second kappa shape index (κ2) is 8.64. The molecule has 0 aliphatic heterocycles. The number of hydrogen-bond acceptors (Lipinski definition) is 5. The maximum Gasteiger partial charge on any atom is 0.286 e. The number of furan rings is 1. The molecular weight excluding hydrogens is 362 g/mol. The van der Waals surface area contributed by atoms with E-state index in [0.29, 0.717) is 11.0 Å². The van der Waals surface area contributed by atoms with Gasteiger partial charge in [0.15, 0.2) is 10.9 Å². The zero-order valence-electron chi connectivity index (χ0n) is 15.2. The van der Waals surface area contributed by atoms with Gasteiger partial charge < -0.3 is 15.1 Å². The van der Waals surface area contributed by atoms with E-state index < -0.39 is 0 Å². The van der Waals surface area contributed by atoms with Gasteiger partial charge in [-0.3, -0.25) is 9.59 Å². The molecule has 27 heavy (non-hydrogen) atoms. The maximum atomic E-state index is 12.0. The molecule has 0 saturated heterocycles. The van der Waals surface area contributed by atoms with Gasteiger partial charge in [-0.15, -0.1) is 11.3 Å². The highest BCUT2D eigenvalue weighted by atomic mass is 32.1. The van der Waals surface area contributed by atoms with Crippen molar-refractivity contribution in [2.45, 2.75) is 26.2 Å². The minimum absolute atomic E-state index is 0.157. The number of anilines is 1. The SMILES string of the molecule is CC(C)c1ccc(-c2csc(NC(=O)CCNC(=O)c3ccco3)n2)cc1. The predicted molar refractivity (Wildman–Crippen MR) is 106 cm³/mol. The summed E-state index contributed by atoms with van der Waals surface area (Å²) in [4.78, 5) is 28.2. The fourth-order valence-corrected chi connectivity index (χ4v) is 3.20. The van der Waals surface area contributed by atoms with Gasteiger partial charge in [0.05, 0.1) is 12.0 Å². The Morgan fingerprint density at radius 2 is 1.96 bits per heavy atom. The molecule has 1 aromatic carbocycles. The van der Waals surface area contributed by atoms with Crippen LogP contribution in [0.15, 0.2) is 52.5 Å². The Kier molecular flexibility index (Phi) is 6.03. The largest absolute Gasteiger partial charge is 0.459 e. The second-order valence-corrected chi connectivity index (χ2v) is 7.20. The number of benzene rings is 1. The molecule has 0 radical (unpaired) electrons. The highest BCUT2D eigenvalue weighted by Gasteiger charge is 2.11. The number of carbonyl (C=O) groups excluding carboxylic acids is 2. The number of nitrogens with zero attached hydrogens (tertiary/aromatic N) is 1. The van der Waals surface area contributed by atoms with Crippen LogP contribution < -0.4 is 10.6 Å². The van der Waals surface area contributed by atoms with Crippen LogP contribution in [0.3, 0.4) is 0 Å². The molecule has 0 aliphatic carbocycles. The Balaban J connectivity index is 1.49. The van der Waals surface area contributed by atoms with Crippen molar-refractivity contribution in [2.75, 3.05) is 11.9 Å². The number of rotatable bonds is 7. The molecule has 0 spiro atoms. The Labute approximate surface area is 161 Å². The van der Waals surface area contributed by atoms with E-state index in [1.807, 2.05) is 17.5 Å². The van der Waals surface area contributed by atoms with Gasteiger partial charge in [0, 0.05) is 23.9 Å². The average molecular weight is 383 g/mol. The van der Waals surface area contributed by atoms with E-state index in [1.165, 1.54) is 23.2 Å². The minimum Gasteiger partial charge on any atom is -0.459 e. The molecule has 2 heterocycles. The number of thiazole rings is 1. The molecule has 140 valence electrons. The molecule has 7 heteroatoms. The lowest BCUT2D eigenvalue weighted by molar-refractivity contribution is -0.116. The topological polar surface area (TPSA) is 84.2 Å². The second-order valence-electron chi connectivity index (χ2n) is 6.35. The molecule has 3 rings (SSSR count). The van der Waals surface area contributed by atoms with Crippen molar-refractivity contribution in [3.8, 4) is 11.3 Å². The lowest BCUT2D eigenvalue weighted by atomic mass is 10.0. The van der Waals surface area contributed by atoms with Crippen molar-refractivity contribution in [2.24, 2.45) is 0 Å². The van der Waals surface area contributed by atoms with E-state index in [4.69, 9.17) is 4.42 Å². The quantitative estimate of drug-likeness (QED) is 0.638. The third-order valence-corrected chi connectivity index (χ3v) is 4.76. The summed E-state index contributed by atoms with van der Waals surface area (Å²) < 4.78 is 4.99. The number of aromatic nitrogens is 1. The Morgan fingerprint density at radius 3 is 2.63 bits per heavy atom. The summed E-state index contributed by atoms with van der Waals surface area (Å²) in [6.07, 6.45) is 1.59. The minimum atomic E-state index is -0.339. The molecular formula is C20H21N3O3S. The smallest absolute Gasteiger partial charge is 0.286 e. The number of nitrogens with one attached hydrogen (secondary N) is 2. The summed E-state index contributed by atoms with van der Waals surface area (Å²) in [5.41, 5.74) is 3.12. The summed E-state index contributed by atoms with van der Waals surface area (Å²) in [5.74, 6) is 0.168. The first kappa shape index (κ1) is 18.8. The van der Waals surface area contributed by atoms with Crippen LogP contribution in [-0.2, 0) is 4.79 Å². The normalized spacial score (nSPS) is 10.8. The fraction of sp³-hybridized carbons (Fsp3) is 0.250. The Hall–Kier alpha value is -2.93. The van der Waals surface area contributed by atoms with Crippen molar-refractivity contribution in [1.29, 1.82) is 0 Å². The summed E-state index contributed by atoms with van der Waals surface area (Å²) in [6, 6.07) is 11.5. The highest BCUT2D eigenvalue weighted by Crippen LogP contribution is 2.26. The molecule has 6 nitrogen and oxygen atoms in total. The summed E-state index contributed by atoms with van der Waals surface area (Å²) >= 11 is 1.38. The first-order valence-corrected chi connectivity index (χ1v) is 9.58. The van der Waals surface area contributed by atoms with Crippen LogP contribution in [0.5, 0.6) is 0 Å². The van der Waals surface area contributed by atoms with E-state index in [-0.39, 0.29) is 30.5 Å². The van der Waals surface area contributed by atoms with Crippen molar-refractivity contribution in [3.05, 3.63) is 59.4 Å². The van der Waals surface area contributed by atoms with Crippen molar-refractivity contribution in [3.63, 3.8) is 0 Å². The first-order chi connectivity index (χ1) is 13.0. The zero-order chi connectivity index (χ0) is 19.2. The van der Waals surface area contributed by atoms with Crippen LogP contribution in [0.4, 0.5) is 5.13 Å². The van der Waals surface area contributed by atoms with E-state index in [0.717, 1.165) is 11.3 Å². The van der Waals surface area contributed by atoms with Gasteiger partial charge in [-0.2, -0.15) is 0 Å². The standard InChI is InChI=1S/C20H21N3O3S/c1-13(2)14-5-7-15(8-6-14)16-12-27-20(22-16)23-18(24)9-10-21-19(25)17-4-3-11-26-17/h3-8,11-13H,9-10H2,1-2H3,(H,21,25)(H,22,23,24). The lowest BCUT2D eigenvalue weighted by Gasteiger charge is -2.05. The van der Waals surface area contributed by atoms with Gasteiger partial charge in [0.2, 0.25) is 5.91 Å². The summed E-state index contributed by atoms with van der Waals surface area (Å²) in [5, 5.41) is 7.86. The van der Waals surface area contributed by atoms with Gasteiger partial charge in [-0.25, -0.2) is 4.98 Å². The Morgan fingerprint density at radius 1 is 1.19 bits per heavy atom. The van der Waals surface area contributed by atoms with E-state index in [2.05, 4.69) is 41.6 Å². The monoisotopic (exact) mass is 383 g/mol. The molecule has 2 amide bonds. The maximum absolute atomic E-state index is 12.0. The summed E-state index contributed by atoms with van der Waals surface area (Å²) in [6.45, 7) is 4.53. The molecule has 0 aliphatic rings. The molecule has 2 aromatic heterocycles. The van der Waals surface area contributed by atoms with Crippen LogP contribution in [0, 0.1) is 0 Å². The van der Waals surface area contributed by atoms with Gasteiger partial charge in [0.25, 0.3) is 5.91 Å². The molecule has 3 aromatic rings. The van der Waals surface area contributed by atoms with E-state index >= 15 is 0 Å². The van der Waals surface area contributed by atoms with Crippen LogP contribution in [-0.4, -0.2) is 23.3 Å². The fourth-order valence-electron chi connectivity index (χ4n) is 2.47. The van der Waals surface area contributed by atoms with Gasteiger partial charge >= 0.3 is 0 Å². The molecule has 0 fully saturated rings. The summed E-state index contributed by atoms with van der Waals surface area (Å²) in [7, 11) is 0. The number of hydrogen-bond donors (Lipinski definition) is 2. The van der Waals surface area contributed by atoms with E-state index in [1.54, 1.807) is 12.1 Å². The van der Waals surface area contributed by atoms with Gasteiger partial charge in [-0.05, 0) is 23.6 Å². The van der Waals surface area contributed by atoms with Crippen LogP contribution in [0.1, 0.15) is 42.3 Å². The van der Waals surface area contributed by atoms with Crippen molar-refractivity contribution >= 4 is 28.3 Å². The van der Waals surface area contributed by atoms with Crippen molar-refractivity contribution < 1.29 is 14.0 Å². The van der Waals surface area contributed by atoms with Crippen LogP contribution in [0.2, 0.25) is 0 Å². The van der Waals surface area contributed by atoms with E-state index in [9.17, 15) is 9.59 Å². The predicted octanol–water partition coefficient (Wildman–Crippen LogP) is 4.29. The zero-order valence-corrected chi connectivity index (χ0v) is 16.0. The third kappa shape index (κ3) is 5.04. The molecule has 0 saturated carbocycles. The first-order valence-electron chi connectivity index (χ1n) is 8.70. The molecule has 0 unspecified atom stereocenters. The molecule has 2 N–H and O–H groups in total. The van der Waals surface area contributed by atoms with Gasteiger partial charge in [0.1, 0.15) is 0 Å². The van der Waals surface area contributed by atoms with Gasteiger partial charge in [-0.1, -0.05) is 38.1 Å². The highest BCUT2D eigenvalue weighted by molar-refractivity contribution is 7.14. The average Bonchev–Trinajstić information content (AvgIpc) is 3.34. The van der Waals surface area contributed by atoms with Crippen molar-refractivity contribution in [1.82, 2.24) is 10.3 Å². The number of carbonyl (C=O) groups is 2. The van der Waals surface area contributed by atoms with Crippen LogP contribution >= 0.6 is 11.3 Å².